The van der Waals surface area contributed by atoms with Crippen molar-refractivity contribution in [2.45, 2.75) is 32.6 Å². The van der Waals surface area contributed by atoms with E-state index in [-0.39, 0.29) is 12.6 Å². The summed E-state index contributed by atoms with van der Waals surface area (Å²) < 4.78 is 23.5. The molecular weight excluding hydrogens is 524 g/mol. The zero-order valence-electron chi connectivity index (χ0n) is 22.9. The molecule has 0 radical (unpaired) electrons. The predicted octanol–water partition coefficient (Wildman–Crippen LogP) is 7.12. The summed E-state index contributed by atoms with van der Waals surface area (Å²) in [5.74, 6) is 2.80. The minimum Gasteiger partial charge on any atom is -0.493 e. The van der Waals surface area contributed by atoms with E-state index < -0.39 is 0 Å². The van der Waals surface area contributed by atoms with E-state index in [0.717, 1.165) is 46.8 Å². The number of nitrogens with one attached hydrogen (secondary N) is 1. The molecule has 0 saturated carbocycles. The molecule has 2 heterocycles. The molecule has 1 N–H and O–H groups in total. The second-order valence-corrected chi connectivity index (χ2v) is 10.0. The minimum atomic E-state index is 0.0300. The topological polar surface area (TPSA) is 61.8 Å². The van der Waals surface area contributed by atoms with Gasteiger partial charge < -0.3 is 24.3 Å². The molecule has 3 aromatic carbocycles. The van der Waals surface area contributed by atoms with Gasteiger partial charge in [0, 0.05) is 6.54 Å². The number of pyridine rings is 1. The Kier molecular flexibility index (Phi) is 8.89. The highest BCUT2D eigenvalue weighted by molar-refractivity contribution is 6.29. The SMILES string of the molecule is COc1cc2c(cc1OCc1ccccc1)CCNC2/C=C/c1cc(OCc2cccc(Cl)n2)c(OC)cc1C. The van der Waals surface area contributed by atoms with E-state index >= 15 is 0 Å². The largest absolute Gasteiger partial charge is 0.493 e. The molecule has 1 aromatic heterocycles. The average Bonchev–Trinajstić information content (AvgIpc) is 2.98. The lowest BCUT2D eigenvalue weighted by Crippen LogP contribution is -2.28. The normalized spacial score (nSPS) is 14.6. The minimum absolute atomic E-state index is 0.0300. The molecule has 1 aliphatic heterocycles. The Balaban J connectivity index is 1.36. The van der Waals surface area contributed by atoms with Gasteiger partial charge in [-0.15, -0.1) is 0 Å². The maximum Gasteiger partial charge on any atom is 0.162 e. The molecule has 6 nitrogen and oxygen atoms in total. The van der Waals surface area contributed by atoms with Gasteiger partial charge in [-0.1, -0.05) is 60.2 Å². The lowest BCUT2D eigenvalue weighted by Gasteiger charge is -2.26. The summed E-state index contributed by atoms with van der Waals surface area (Å²) in [6.45, 7) is 3.71. The number of hydrogen-bond donors (Lipinski definition) is 1. The van der Waals surface area contributed by atoms with Gasteiger partial charge in [0.05, 0.1) is 26.0 Å². The highest BCUT2D eigenvalue weighted by Crippen LogP contribution is 2.37. The number of rotatable bonds is 10. The van der Waals surface area contributed by atoms with E-state index in [9.17, 15) is 0 Å². The quantitative estimate of drug-likeness (QED) is 0.210. The van der Waals surface area contributed by atoms with Gasteiger partial charge in [0.15, 0.2) is 23.0 Å². The van der Waals surface area contributed by atoms with E-state index in [1.807, 2.05) is 42.5 Å². The van der Waals surface area contributed by atoms with Crippen LogP contribution in [0.15, 0.2) is 78.9 Å². The van der Waals surface area contributed by atoms with Crippen LogP contribution in [0.3, 0.4) is 0 Å². The van der Waals surface area contributed by atoms with Crippen molar-refractivity contribution >= 4 is 17.7 Å². The van der Waals surface area contributed by atoms with Crippen LogP contribution in [-0.4, -0.2) is 25.7 Å². The van der Waals surface area contributed by atoms with Crippen molar-refractivity contribution in [1.82, 2.24) is 10.3 Å². The Labute approximate surface area is 240 Å². The predicted molar refractivity (Wildman–Crippen MR) is 159 cm³/mol. The fraction of sp³-hybridized carbons (Fsp3) is 0.242. The number of nitrogens with zero attached hydrogens (tertiary/aromatic N) is 1. The van der Waals surface area contributed by atoms with Crippen LogP contribution in [0.4, 0.5) is 0 Å². The molecule has 40 heavy (non-hydrogen) atoms. The monoisotopic (exact) mass is 556 g/mol. The van der Waals surface area contributed by atoms with Crippen LogP contribution in [0.5, 0.6) is 23.0 Å². The number of aromatic nitrogens is 1. The van der Waals surface area contributed by atoms with Crippen molar-refractivity contribution in [2.24, 2.45) is 0 Å². The van der Waals surface area contributed by atoms with Gasteiger partial charge in [-0.05, 0) is 77.6 Å². The van der Waals surface area contributed by atoms with Crippen molar-refractivity contribution in [2.75, 3.05) is 20.8 Å². The summed E-state index contributed by atoms with van der Waals surface area (Å²) in [5, 5.41) is 4.06. The number of benzene rings is 3. The average molecular weight is 557 g/mol. The Morgan fingerprint density at radius 1 is 0.875 bits per heavy atom. The first kappa shape index (κ1) is 27.6. The lowest BCUT2D eigenvalue weighted by molar-refractivity contribution is 0.280. The molecule has 5 rings (SSSR count). The third kappa shape index (κ3) is 6.58. The Bertz CT molecular complexity index is 1490. The van der Waals surface area contributed by atoms with Crippen LogP contribution in [-0.2, 0) is 19.6 Å². The van der Waals surface area contributed by atoms with E-state index in [4.69, 9.17) is 30.5 Å². The molecule has 0 amide bonds. The first-order valence-electron chi connectivity index (χ1n) is 13.3. The van der Waals surface area contributed by atoms with Crippen LogP contribution in [0, 0.1) is 6.92 Å². The summed E-state index contributed by atoms with van der Waals surface area (Å²) in [6.07, 6.45) is 5.22. The maximum atomic E-state index is 6.16. The Morgan fingerprint density at radius 3 is 2.40 bits per heavy atom. The molecule has 0 saturated heterocycles. The third-order valence-corrected chi connectivity index (χ3v) is 7.14. The molecule has 0 aliphatic carbocycles. The van der Waals surface area contributed by atoms with Crippen molar-refractivity contribution < 1.29 is 18.9 Å². The van der Waals surface area contributed by atoms with E-state index in [1.165, 1.54) is 11.1 Å². The van der Waals surface area contributed by atoms with Crippen molar-refractivity contribution in [1.29, 1.82) is 0 Å². The number of halogens is 1. The molecule has 1 atom stereocenters. The van der Waals surface area contributed by atoms with Crippen LogP contribution < -0.4 is 24.3 Å². The highest BCUT2D eigenvalue weighted by Gasteiger charge is 2.21. The van der Waals surface area contributed by atoms with Gasteiger partial charge in [-0.25, -0.2) is 4.98 Å². The smallest absolute Gasteiger partial charge is 0.162 e. The van der Waals surface area contributed by atoms with Crippen molar-refractivity contribution in [3.8, 4) is 23.0 Å². The number of fused-ring (bicyclic) bond motifs is 1. The van der Waals surface area contributed by atoms with Gasteiger partial charge in [0.2, 0.25) is 0 Å². The lowest BCUT2D eigenvalue weighted by atomic mass is 9.92. The summed E-state index contributed by atoms with van der Waals surface area (Å²) in [4.78, 5) is 4.31. The van der Waals surface area contributed by atoms with Crippen molar-refractivity contribution in [3.05, 3.63) is 118 Å². The van der Waals surface area contributed by atoms with Gasteiger partial charge in [0.25, 0.3) is 0 Å². The van der Waals surface area contributed by atoms with Crippen LogP contribution in [0.2, 0.25) is 5.15 Å². The fourth-order valence-electron chi connectivity index (χ4n) is 4.79. The molecule has 1 aliphatic rings. The van der Waals surface area contributed by atoms with Gasteiger partial charge >= 0.3 is 0 Å². The zero-order valence-corrected chi connectivity index (χ0v) is 23.7. The van der Waals surface area contributed by atoms with E-state index in [1.54, 1.807) is 20.3 Å². The summed E-state index contributed by atoms with van der Waals surface area (Å²) in [6, 6.07) is 23.9. The summed E-state index contributed by atoms with van der Waals surface area (Å²) in [7, 11) is 3.32. The van der Waals surface area contributed by atoms with E-state index in [2.05, 4.69) is 53.6 Å². The third-order valence-electron chi connectivity index (χ3n) is 6.93. The zero-order chi connectivity index (χ0) is 27.9. The van der Waals surface area contributed by atoms with Crippen LogP contribution in [0.25, 0.3) is 6.08 Å². The Morgan fingerprint density at radius 2 is 1.62 bits per heavy atom. The molecule has 0 bridgehead atoms. The number of aryl methyl sites for hydroxylation is 1. The molecule has 0 spiro atoms. The summed E-state index contributed by atoms with van der Waals surface area (Å²) in [5.41, 5.74) is 6.42. The fourth-order valence-corrected chi connectivity index (χ4v) is 4.97. The number of methoxy groups -OCH3 is 2. The second kappa shape index (κ2) is 12.9. The van der Waals surface area contributed by atoms with Gasteiger partial charge in [0.1, 0.15) is 18.4 Å². The Hall–Kier alpha value is -4.00. The molecular formula is C33H33ClN2O4. The highest BCUT2D eigenvalue weighted by atomic mass is 35.5. The van der Waals surface area contributed by atoms with E-state index in [0.29, 0.717) is 23.3 Å². The summed E-state index contributed by atoms with van der Waals surface area (Å²) >= 11 is 6.03. The molecule has 1 unspecified atom stereocenters. The number of ether oxygens (including phenoxy) is 4. The molecule has 0 fully saturated rings. The van der Waals surface area contributed by atoms with Gasteiger partial charge in [-0.2, -0.15) is 0 Å². The van der Waals surface area contributed by atoms with Crippen LogP contribution in [0.1, 0.15) is 39.6 Å². The van der Waals surface area contributed by atoms with Crippen LogP contribution >= 0.6 is 11.6 Å². The maximum absolute atomic E-state index is 6.16. The standard InChI is InChI=1S/C33H33ClN2O4/c1-22-16-29(37-2)31(40-21-26-10-7-11-33(34)36-26)17-24(22)12-13-28-27-19-30(38-3)32(18-25(27)14-15-35-28)39-20-23-8-5-4-6-9-23/h4-13,16-19,28,35H,14-15,20-21H2,1-3H3/b13-12+. The van der Waals surface area contributed by atoms with Crippen molar-refractivity contribution in [3.63, 3.8) is 0 Å². The number of hydrogen-bond acceptors (Lipinski definition) is 6. The first-order valence-corrected chi connectivity index (χ1v) is 13.6. The molecule has 206 valence electrons. The second-order valence-electron chi connectivity index (χ2n) is 9.62. The first-order chi connectivity index (χ1) is 19.5. The molecule has 4 aromatic rings. The van der Waals surface area contributed by atoms with Gasteiger partial charge in [-0.3, -0.25) is 0 Å². The molecule has 7 heteroatoms.